The van der Waals surface area contributed by atoms with Crippen LogP contribution in [0, 0.1) is 0 Å². The van der Waals surface area contributed by atoms with E-state index in [0.717, 1.165) is 17.5 Å². The molecule has 0 bridgehead atoms. The number of benzene rings is 1. The first-order chi connectivity index (χ1) is 9.76. The SMILES string of the molecule is COCc1noc(COc2ccc3c(c2)CCC3=O)n1. The van der Waals surface area contributed by atoms with E-state index in [4.69, 9.17) is 14.0 Å². The first kappa shape index (κ1) is 12.8. The number of ether oxygens (including phenoxy) is 2. The summed E-state index contributed by atoms with van der Waals surface area (Å²) in [5.41, 5.74) is 1.84. The lowest BCUT2D eigenvalue weighted by atomic mass is 10.1. The Morgan fingerprint density at radius 2 is 2.20 bits per heavy atom. The van der Waals surface area contributed by atoms with Crippen LogP contribution in [0.3, 0.4) is 0 Å². The number of hydrogen-bond acceptors (Lipinski definition) is 6. The Hall–Kier alpha value is -2.21. The highest BCUT2D eigenvalue weighted by Gasteiger charge is 2.19. The van der Waals surface area contributed by atoms with E-state index in [2.05, 4.69) is 10.1 Å². The Morgan fingerprint density at radius 1 is 1.30 bits per heavy atom. The van der Waals surface area contributed by atoms with Gasteiger partial charge in [-0.25, -0.2) is 0 Å². The zero-order chi connectivity index (χ0) is 13.9. The Bertz CT molecular complexity index is 636. The molecule has 0 saturated heterocycles. The van der Waals surface area contributed by atoms with Gasteiger partial charge in [-0.1, -0.05) is 5.16 Å². The zero-order valence-electron chi connectivity index (χ0n) is 11.1. The van der Waals surface area contributed by atoms with E-state index in [0.29, 0.717) is 30.5 Å². The van der Waals surface area contributed by atoms with Gasteiger partial charge in [-0.3, -0.25) is 4.79 Å². The van der Waals surface area contributed by atoms with Gasteiger partial charge in [0.1, 0.15) is 12.4 Å². The minimum atomic E-state index is 0.198. The van der Waals surface area contributed by atoms with Crippen molar-refractivity contribution >= 4 is 5.78 Å². The summed E-state index contributed by atoms with van der Waals surface area (Å²) in [6.45, 7) is 0.508. The first-order valence-corrected chi connectivity index (χ1v) is 6.35. The highest BCUT2D eigenvalue weighted by molar-refractivity contribution is 6.00. The van der Waals surface area contributed by atoms with Gasteiger partial charge in [-0.05, 0) is 30.2 Å². The maximum absolute atomic E-state index is 11.5. The smallest absolute Gasteiger partial charge is 0.264 e. The molecule has 104 valence electrons. The molecule has 3 rings (SSSR count). The van der Waals surface area contributed by atoms with Crippen molar-refractivity contribution in [3.05, 3.63) is 41.0 Å². The summed E-state index contributed by atoms with van der Waals surface area (Å²) in [6, 6.07) is 5.49. The molecule has 0 fully saturated rings. The summed E-state index contributed by atoms with van der Waals surface area (Å²) in [4.78, 5) is 15.7. The number of Topliss-reactive ketones (excluding diaryl/α,β-unsaturated/α-hetero) is 1. The molecule has 0 N–H and O–H groups in total. The summed E-state index contributed by atoms with van der Waals surface area (Å²) in [7, 11) is 1.57. The van der Waals surface area contributed by atoms with Crippen LogP contribution in [0.25, 0.3) is 0 Å². The van der Waals surface area contributed by atoms with Gasteiger partial charge in [-0.15, -0.1) is 0 Å². The third-order valence-electron chi connectivity index (χ3n) is 3.14. The van der Waals surface area contributed by atoms with Crippen LogP contribution in [0.4, 0.5) is 0 Å². The molecule has 6 nitrogen and oxygen atoms in total. The van der Waals surface area contributed by atoms with Gasteiger partial charge >= 0.3 is 0 Å². The number of aryl methyl sites for hydroxylation is 1. The van der Waals surface area contributed by atoms with Gasteiger partial charge in [0.2, 0.25) is 0 Å². The predicted molar refractivity (Wildman–Crippen MR) is 68.4 cm³/mol. The molecule has 0 spiro atoms. The van der Waals surface area contributed by atoms with Crippen molar-refractivity contribution in [1.82, 2.24) is 10.1 Å². The molecule has 0 atom stereocenters. The van der Waals surface area contributed by atoms with E-state index in [1.165, 1.54) is 0 Å². The average molecular weight is 274 g/mol. The molecule has 0 aliphatic heterocycles. The van der Waals surface area contributed by atoms with Crippen LogP contribution in [0.15, 0.2) is 22.7 Å². The largest absolute Gasteiger partial charge is 0.484 e. The summed E-state index contributed by atoms with van der Waals surface area (Å²) in [5.74, 6) is 1.79. The molecule has 1 heterocycles. The average Bonchev–Trinajstić information content (AvgIpc) is 3.04. The summed E-state index contributed by atoms with van der Waals surface area (Å²) < 4.78 is 15.5. The Kier molecular flexibility index (Phi) is 3.47. The molecule has 6 heteroatoms. The summed E-state index contributed by atoms with van der Waals surface area (Å²) in [6.07, 6.45) is 1.37. The molecule has 1 aliphatic carbocycles. The van der Waals surface area contributed by atoms with Crippen LogP contribution in [0.2, 0.25) is 0 Å². The van der Waals surface area contributed by atoms with Crippen LogP contribution < -0.4 is 4.74 Å². The van der Waals surface area contributed by atoms with Gasteiger partial charge in [0, 0.05) is 19.1 Å². The quantitative estimate of drug-likeness (QED) is 0.829. The van der Waals surface area contributed by atoms with Gasteiger partial charge in [-0.2, -0.15) is 4.98 Å². The first-order valence-electron chi connectivity index (χ1n) is 6.35. The number of hydrogen-bond donors (Lipinski definition) is 0. The van der Waals surface area contributed by atoms with E-state index < -0.39 is 0 Å². The molecule has 0 radical (unpaired) electrons. The molecule has 0 unspecified atom stereocenters. The number of carbonyl (C=O) groups excluding carboxylic acids is 1. The van der Waals surface area contributed by atoms with E-state index >= 15 is 0 Å². The number of aromatic nitrogens is 2. The van der Waals surface area contributed by atoms with Crippen LogP contribution in [0.5, 0.6) is 5.75 Å². The maximum Gasteiger partial charge on any atom is 0.264 e. The van der Waals surface area contributed by atoms with Crippen molar-refractivity contribution in [3.63, 3.8) is 0 Å². The Balaban J connectivity index is 1.65. The van der Waals surface area contributed by atoms with Crippen molar-refractivity contribution in [2.24, 2.45) is 0 Å². The summed E-state index contributed by atoms with van der Waals surface area (Å²) >= 11 is 0. The number of rotatable bonds is 5. The lowest BCUT2D eigenvalue weighted by molar-refractivity contribution is 0.0994. The van der Waals surface area contributed by atoms with E-state index in [-0.39, 0.29) is 12.4 Å². The van der Waals surface area contributed by atoms with Gasteiger partial charge in [0.15, 0.2) is 18.2 Å². The lowest BCUT2D eigenvalue weighted by Gasteiger charge is -2.05. The fourth-order valence-corrected chi connectivity index (χ4v) is 2.20. The predicted octanol–water partition coefficient (Wildman–Crippen LogP) is 1.92. The second-order valence-electron chi connectivity index (χ2n) is 4.57. The molecular formula is C14H14N2O4. The minimum Gasteiger partial charge on any atom is -0.484 e. The third kappa shape index (κ3) is 2.55. The van der Waals surface area contributed by atoms with Crippen molar-refractivity contribution in [3.8, 4) is 5.75 Å². The number of ketones is 1. The zero-order valence-corrected chi connectivity index (χ0v) is 11.1. The number of carbonyl (C=O) groups is 1. The highest BCUT2D eigenvalue weighted by Crippen LogP contribution is 2.26. The molecule has 0 saturated carbocycles. The third-order valence-corrected chi connectivity index (χ3v) is 3.14. The molecule has 1 aromatic carbocycles. The van der Waals surface area contributed by atoms with E-state index in [9.17, 15) is 4.79 Å². The fraction of sp³-hybridized carbons (Fsp3) is 0.357. The second kappa shape index (κ2) is 5.42. The standard InChI is InChI=1S/C14H14N2O4/c1-18-7-13-15-14(20-16-13)8-19-10-3-4-11-9(6-10)2-5-12(11)17/h3-4,6H,2,5,7-8H2,1H3. The summed E-state index contributed by atoms with van der Waals surface area (Å²) in [5, 5.41) is 3.75. The maximum atomic E-state index is 11.5. The number of nitrogens with zero attached hydrogens (tertiary/aromatic N) is 2. The van der Waals surface area contributed by atoms with E-state index in [1.807, 2.05) is 12.1 Å². The number of methoxy groups -OCH3 is 1. The van der Waals surface area contributed by atoms with Gasteiger partial charge in [0.25, 0.3) is 5.89 Å². The molecule has 1 aromatic heterocycles. The van der Waals surface area contributed by atoms with Crippen LogP contribution in [-0.4, -0.2) is 23.0 Å². The van der Waals surface area contributed by atoms with Crippen molar-refractivity contribution < 1.29 is 18.8 Å². The topological polar surface area (TPSA) is 74.5 Å². The van der Waals surface area contributed by atoms with Crippen molar-refractivity contribution in [2.75, 3.05) is 7.11 Å². The van der Waals surface area contributed by atoms with Gasteiger partial charge in [0.05, 0.1) is 0 Å². The molecule has 2 aromatic rings. The molecular weight excluding hydrogens is 260 g/mol. The van der Waals surface area contributed by atoms with Crippen LogP contribution in [0.1, 0.15) is 34.1 Å². The normalized spacial score (nSPS) is 13.6. The molecule has 20 heavy (non-hydrogen) atoms. The second-order valence-corrected chi connectivity index (χ2v) is 4.57. The Morgan fingerprint density at radius 3 is 3.05 bits per heavy atom. The minimum absolute atomic E-state index is 0.198. The van der Waals surface area contributed by atoms with Gasteiger partial charge < -0.3 is 14.0 Å². The fourth-order valence-electron chi connectivity index (χ4n) is 2.20. The molecule has 0 amide bonds. The highest BCUT2D eigenvalue weighted by atomic mass is 16.5. The van der Waals surface area contributed by atoms with Crippen molar-refractivity contribution in [1.29, 1.82) is 0 Å². The van der Waals surface area contributed by atoms with Crippen molar-refractivity contribution in [2.45, 2.75) is 26.1 Å². The monoisotopic (exact) mass is 274 g/mol. The van der Waals surface area contributed by atoms with Crippen LogP contribution >= 0.6 is 0 Å². The van der Waals surface area contributed by atoms with Crippen LogP contribution in [-0.2, 0) is 24.4 Å². The number of fused-ring (bicyclic) bond motifs is 1. The lowest BCUT2D eigenvalue weighted by Crippen LogP contribution is -1.98. The van der Waals surface area contributed by atoms with E-state index in [1.54, 1.807) is 13.2 Å². The molecule has 1 aliphatic rings. The Labute approximate surface area is 115 Å².